The molecule has 2 aliphatic heterocycles. The van der Waals surface area contributed by atoms with Gasteiger partial charge in [-0.15, -0.1) is 23.1 Å². The van der Waals surface area contributed by atoms with Gasteiger partial charge in [-0.3, -0.25) is 9.59 Å². The van der Waals surface area contributed by atoms with E-state index in [1.807, 2.05) is 0 Å². The number of nitrogen functional groups attached to an aromatic ring is 1. The molecule has 1 aromatic heterocycles. The Balaban J connectivity index is 1.73. The lowest BCUT2D eigenvalue weighted by molar-refractivity contribution is -0.162. The van der Waals surface area contributed by atoms with Crippen molar-refractivity contribution in [2.75, 3.05) is 18.6 Å². The second kappa shape index (κ2) is 6.88. The van der Waals surface area contributed by atoms with Crippen molar-refractivity contribution in [2.24, 2.45) is 5.16 Å². The normalized spacial score (nSPS) is 25.8. The third-order valence-electron chi connectivity index (χ3n) is 3.83. The van der Waals surface area contributed by atoms with E-state index in [4.69, 9.17) is 5.73 Å². The molecule has 2 amide bonds. The number of fused-ring (bicyclic) bond motifs is 1. The third kappa shape index (κ3) is 3.14. The number of rotatable bonds is 5. The van der Waals surface area contributed by atoms with Gasteiger partial charge in [-0.1, -0.05) is 5.16 Å². The van der Waals surface area contributed by atoms with Crippen molar-refractivity contribution in [3.63, 3.8) is 0 Å². The van der Waals surface area contributed by atoms with Gasteiger partial charge < -0.3 is 25.9 Å². The molecule has 3 heterocycles. The first-order valence-electron chi connectivity index (χ1n) is 7.24. The zero-order valence-electron chi connectivity index (χ0n) is 13.0. The third-order valence-corrected chi connectivity index (χ3v) is 5.82. The van der Waals surface area contributed by atoms with Crippen molar-refractivity contribution in [1.82, 2.24) is 15.2 Å². The standard InChI is InChI=1S/C13H15N5O5S2/c1-23-17-7(5-4-25-13(14)15-5)9(19)16-8-10(20)18-6(12(21)22)2-3-24-11(8)18/h4,6,8,11H,2-3H2,1H3,(H2,14,15)(H,16,19)(H,21,22)/b17-7+/t6?,8-,11?/m1/s1. The number of hydrogen-bond acceptors (Lipinski definition) is 9. The van der Waals surface area contributed by atoms with Gasteiger partial charge in [0.1, 0.15) is 30.3 Å². The summed E-state index contributed by atoms with van der Waals surface area (Å²) in [6, 6.07) is -1.66. The van der Waals surface area contributed by atoms with Crippen LogP contribution in [0.2, 0.25) is 0 Å². The Morgan fingerprint density at radius 3 is 2.92 bits per heavy atom. The highest BCUT2D eigenvalue weighted by atomic mass is 32.2. The van der Waals surface area contributed by atoms with Crippen LogP contribution in [0.1, 0.15) is 12.1 Å². The molecular formula is C13H15N5O5S2. The molecule has 134 valence electrons. The maximum atomic E-state index is 12.5. The lowest BCUT2D eigenvalue weighted by atomic mass is 10.0. The van der Waals surface area contributed by atoms with Crippen LogP contribution in [0.15, 0.2) is 10.5 Å². The average molecular weight is 385 g/mol. The maximum absolute atomic E-state index is 12.5. The molecule has 3 atom stereocenters. The van der Waals surface area contributed by atoms with Crippen LogP contribution in [0.3, 0.4) is 0 Å². The number of aliphatic carboxylic acids is 1. The molecule has 10 nitrogen and oxygen atoms in total. The van der Waals surface area contributed by atoms with E-state index in [1.54, 1.807) is 5.38 Å². The summed E-state index contributed by atoms with van der Waals surface area (Å²) in [4.78, 5) is 46.0. The molecule has 1 aromatic rings. The van der Waals surface area contributed by atoms with Gasteiger partial charge in [0.2, 0.25) is 5.91 Å². The van der Waals surface area contributed by atoms with Gasteiger partial charge in [0.25, 0.3) is 5.91 Å². The van der Waals surface area contributed by atoms with Gasteiger partial charge >= 0.3 is 5.97 Å². The first-order chi connectivity index (χ1) is 11.9. The van der Waals surface area contributed by atoms with E-state index in [0.717, 1.165) is 11.3 Å². The minimum Gasteiger partial charge on any atom is -0.480 e. The second-order valence-corrected chi connectivity index (χ2v) is 7.41. The number of thioether (sulfide) groups is 1. The lowest BCUT2D eigenvalue weighted by Gasteiger charge is -2.51. The van der Waals surface area contributed by atoms with Crippen LogP contribution in [0.25, 0.3) is 0 Å². The zero-order valence-corrected chi connectivity index (χ0v) is 14.7. The predicted octanol–water partition coefficient (Wildman–Crippen LogP) is -0.681. The number of aromatic nitrogens is 1. The van der Waals surface area contributed by atoms with Crippen molar-refractivity contribution in [3.8, 4) is 0 Å². The second-order valence-electron chi connectivity index (χ2n) is 5.29. The molecule has 2 saturated heterocycles. The van der Waals surface area contributed by atoms with Crippen LogP contribution < -0.4 is 11.1 Å². The van der Waals surface area contributed by atoms with Gasteiger partial charge in [0.05, 0.1) is 0 Å². The number of carbonyl (C=O) groups excluding carboxylic acids is 2. The van der Waals surface area contributed by atoms with Crippen molar-refractivity contribution in [1.29, 1.82) is 0 Å². The lowest BCUT2D eigenvalue weighted by Crippen LogP contribution is -2.74. The Morgan fingerprint density at radius 2 is 2.32 bits per heavy atom. The summed E-state index contributed by atoms with van der Waals surface area (Å²) in [7, 11) is 1.29. The van der Waals surface area contributed by atoms with Gasteiger partial charge in [-0.05, 0) is 12.2 Å². The van der Waals surface area contributed by atoms with Crippen LogP contribution in [-0.4, -0.2) is 68.8 Å². The van der Waals surface area contributed by atoms with E-state index in [0.29, 0.717) is 12.2 Å². The number of oxime groups is 1. The Morgan fingerprint density at radius 1 is 1.56 bits per heavy atom. The van der Waals surface area contributed by atoms with Gasteiger partial charge in [0.15, 0.2) is 10.8 Å². The highest BCUT2D eigenvalue weighted by Gasteiger charge is 2.55. The monoisotopic (exact) mass is 385 g/mol. The summed E-state index contributed by atoms with van der Waals surface area (Å²) in [5.41, 5.74) is 5.71. The average Bonchev–Trinajstić information content (AvgIpc) is 3.02. The van der Waals surface area contributed by atoms with E-state index in [2.05, 4.69) is 20.3 Å². The highest BCUT2D eigenvalue weighted by Crippen LogP contribution is 2.38. The molecule has 0 radical (unpaired) electrons. The van der Waals surface area contributed by atoms with Crippen LogP contribution in [0.5, 0.6) is 0 Å². The fourth-order valence-corrected chi connectivity index (χ4v) is 4.65. The topological polar surface area (TPSA) is 147 Å². The molecule has 0 aromatic carbocycles. The molecule has 0 saturated carbocycles. The number of carboxylic acids is 1. The van der Waals surface area contributed by atoms with Crippen molar-refractivity contribution in [3.05, 3.63) is 11.1 Å². The Kier molecular flexibility index (Phi) is 4.81. The number of nitrogens with one attached hydrogen (secondary N) is 1. The summed E-state index contributed by atoms with van der Waals surface area (Å²) in [6.07, 6.45) is 0.386. The molecule has 0 aliphatic carbocycles. The number of carboxylic acid groups (broad SMARTS) is 1. The Hall–Kier alpha value is -2.34. The number of nitrogens with zero attached hydrogens (tertiary/aromatic N) is 3. The van der Waals surface area contributed by atoms with E-state index in [9.17, 15) is 19.5 Å². The summed E-state index contributed by atoms with van der Waals surface area (Å²) in [5, 5.41) is 16.9. The Labute approximate surface area is 150 Å². The Bertz CT molecular complexity index is 751. The van der Waals surface area contributed by atoms with Crippen molar-refractivity contribution >= 4 is 51.7 Å². The van der Waals surface area contributed by atoms with Gasteiger partial charge in [-0.25, -0.2) is 9.78 Å². The molecule has 3 rings (SSSR count). The molecule has 0 spiro atoms. The summed E-state index contributed by atoms with van der Waals surface area (Å²) in [6.45, 7) is 0. The van der Waals surface area contributed by atoms with E-state index < -0.39 is 35.2 Å². The number of thiazole rings is 1. The number of hydrogen-bond donors (Lipinski definition) is 3. The molecule has 2 fully saturated rings. The fourth-order valence-electron chi connectivity index (χ4n) is 2.71. The number of anilines is 1. The van der Waals surface area contributed by atoms with Crippen molar-refractivity contribution in [2.45, 2.75) is 23.9 Å². The minimum atomic E-state index is -1.04. The number of carbonyl (C=O) groups is 3. The van der Waals surface area contributed by atoms with Crippen LogP contribution in [0.4, 0.5) is 5.13 Å². The van der Waals surface area contributed by atoms with Gasteiger partial charge in [0, 0.05) is 5.38 Å². The maximum Gasteiger partial charge on any atom is 0.326 e. The molecule has 4 N–H and O–H groups in total. The number of amides is 2. The number of nitrogens with two attached hydrogens (primary N) is 1. The predicted molar refractivity (Wildman–Crippen MR) is 91.1 cm³/mol. The highest BCUT2D eigenvalue weighted by molar-refractivity contribution is 8.00. The zero-order chi connectivity index (χ0) is 18.1. The number of β-lactam (4-membered cyclic amide) rings is 1. The summed E-state index contributed by atoms with van der Waals surface area (Å²) >= 11 is 2.58. The minimum absolute atomic E-state index is 0.0997. The molecule has 0 bridgehead atoms. The smallest absolute Gasteiger partial charge is 0.326 e. The van der Waals surface area contributed by atoms with E-state index >= 15 is 0 Å². The van der Waals surface area contributed by atoms with E-state index in [1.165, 1.54) is 23.8 Å². The largest absolute Gasteiger partial charge is 0.480 e. The van der Waals surface area contributed by atoms with E-state index in [-0.39, 0.29) is 16.5 Å². The first-order valence-corrected chi connectivity index (χ1v) is 9.17. The SMILES string of the molecule is CO/N=C(/C(=O)N[C@@H]1C(=O)N2C(C(=O)O)CCSC12)c1csc(N)n1. The van der Waals surface area contributed by atoms with Crippen LogP contribution in [0, 0.1) is 0 Å². The molecule has 25 heavy (non-hydrogen) atoms. The molecule has 12 heteroatoms. The molecule has 2 aliphatic rings. The van der Waals surface area contributed by atoms with Crippen LogP contribution >= 0.6 is 23.1 Å². The summed E-state index contributed by atoms with van der Waals surface area (Å²) in [5.74, 6) is -1.50. The van der Waals surface area contributed by atoms with Crippen LogP contribution in [-0.2, 0) is 19.2 Å². The first kappa shape index (κ1) is 17.5. The fraction of sp³-hybridized carbons (Fsp3) is 0.462. The quantitative estimate of drug-likeness (QED) is 0.343. The summed E-state index contributed by atoms with van der Waals surface area (Å²) < 4.78 is 0. The van der Waals surface area contributed by atoms with Gasteiger partial charge in [-0.2, -0.15) is 0 Å². The molecule has 2 unspecified atom stereocenters. The molecular weight excluding hydrogens is 370 g/mol. The van der Waals surface area contributed by atoms with Crippen molar-refractivity contribution < 1.29 is 24.3 Å².